The predicted octanol–water partition coefficient (Wildman–Crippen LogP) is 2.97. The number of aldehydes is 1. The number of carbonyl (C=O) groups is 2. The number of carboxylic acid groups (broad SMARTS) is 1. The van der Waals surface area contributed by atoms with Crippen molar-refractivity contribution in [3.05, 3.63) is 35.9 Å². The third kappa shape index (κ3) is 3.56. The van der Waals surface area contributed by atoms with Gasteiger partial charge in [-0.25, -0.2) is 4.79 Å². The molecule has 0 spiro atoms. The van der Waals surface area contributed by atoms with Crippen LogP contribution in [0, 0.1) is 0 Å². The molecule has 0 bridgehead atoms. The van der Waals surface area contributed by atoms with Gasteiger partial charge in [0.25, 0.3) is 0 Å². The maximum atomic E-state index is 11.5. The molecule has 1 amide bonds. The number of carbonyl (C=O) groups excluding carboxylic acids is 1. The van der Waals surface area contributed by atoms with E-state index in [1.807, 2.05) is 30.3 Å². The van der Waals surface area contributed by atoms with Gasteiger partial charge < -0.3 is 9.90 Å². The van der Waals surface area contributed by atoms with E-state index in [0.717, 1.165) is 11.8 Å². The largest absolute Gasteiger partial charge is 0.465 e. The van der Waals surface area contributed by atoms with Gasteiger partial charge in [-0.15, -0.1) is 0 Å². The predicted molar refractivity (Wildman–Crippen MR) is 74.2 cm³/mol. The maximum Gasteiger partial charge on any atom is 0.408 e. The zero-order chi connectivity index (χ0) is 14.7. The number of hydrogen-bond donors (Lipinski definition) is 1. The Bertz CT molecular complexity index is 450. The Morgan fingerprint density at radius 2 is 1.74 bits per heavy atom. The molecule has 0 aliphatic carbocycles. The lowest BCUT2D eigenvalue weighted by Crippen LogP contribution is -2.60. The molecule has 1 aromatic carbocycles. The van der Waals surface area contributed by atoms with Gasteiger partial charge in [0.1, 0.15) is 11.8 Å². The van der Waals surface area contributed by atoms with E-state index in [1.165, 1.54) is 4.90 Å². The first-order valence-corrected chi connectivity index (χ1v) is 6.24. The molecule has 1 rings (SSSR count). The van der Waals surface area contributed by atoms with Crippen molar-refractivity contribution >= 4 is 12.4 Å². The second kappa shape index (κ2) is 5.43. The van der Waals surface area contributed by atoms with Crippen LogP contribution < -0.4 is 0 Å². The molecule has 0 fully saturated rings. The van der Waals surface area contributed by atoms with Gasteiger partial charge in [0.15, 0.2) is 0 Å². The molecule has 0 aliphatic heterocycles. The summed E-state index contributed by atoms with van der Waals surface area (Å²) in [4.78, 5) is 24.2. The summed E-state index contributed by atoms with van der Waals surface area (Å²) in [6.45, 7) is 7.02. The van der Waals surface area contributed by atoms with Crippen molar-refractivity contribution in [2.24, 2.45) is 0 Å². The van der Waals surface area contributed by atoms with Crippen LogP contribution in [0.2, 0.25) is 0 Å². The topological polar surface area (TPSA) is 57.6 Å². The van der Waals surface area contributed by atoms with Gasteiger partial charge in [-0.2, -0.15) is 0 Å². The second-order valence-electron chi connectivity index (χ2n) is 5.93. The molecule has 0 unspecified atom stereocenters. The fourth-order valence-corrected chi connectivity index (χ4v) is 2.45. The molecule has 0 aliphatic rings. The highest BCUT2D eigenvalue weighted by Crippen LogP contribution is 2.27. The molecule has 0 aromatic heterocycles. The first kappa shape index (κ1) is 15.2. The van der Waals surface area contributed by atoms with E-state index in [9.17, 15) is 14.7 Å². The highest BCUT2D eigenvalue weighted by Gasteiger charge is 2.42. The monoisotopic (exact) mass is 263 g/mol. The Kier molecular flexibility index (Phi) is 4.35. The summed E-state index contributed by atoms with van der Waals surface area (Å²) in [6.07, 6.45) is -0.00155. The Balaban J connectivity index is 3.14. The van der Waals surface area contributed by atoms with Crippen molar-refractivity contribution < 1.29 is 14.7 Å². The summed E-state index contributed by atoms with van der Waals surface area (Å²) in [7, 11) is 0. The van der Waals surface area contributed by atoms with Gasteiger partial charge in [-0.05, 0) is 33.3 Å². The molecule has 0 saturated carbocycles. The van der Waals surface area contributed by atoms with E-state index >= 15 is 0 Å². The zero-order valence-corrected chi connectivity index (χ0v) is 11.9. The summed E-state index contributed by atoms with van der Waals surface area (Å²) >= 11 is 0. The van der Waals surface area contributed by atoms with E-state index in [0.29, 0.717) is 6.42 Å². The van der Waals surface area contributed by atoms with Crippen LogP contribution in [-0.2, 0) is 11.2 Å². The zero-order valence-electron chi connectivity index (χ0n) is 11.9. The average Bonchev–Trinajstić information content (AvgIpc) is 2.27. The molecule has 19 heavy (non-hydrogen) atoms. The molecule has 0 saturated heterocycles. The number of hydrogen-bond acceptors (Lipinski definition) is 2. The smallest absolute Gasteiger partial charge is 0.408 e. The molecule has 104 valence electrons. The maximum absolute atomic E-state index is 11.5. The minimum absolute atomic E-state index is 0.362. The van der Waals surface area contributed by atoms with Crippen LogP contribution in [-0.4, -0.2) is 33.5 Å². The standard InChI is InChI=1S/C15H21NO3/c1-14(2,3)16(13(18)19)15(4,11-17)10-12-8-6-5-7-9-12/h5-9,11H,10H2,1-4H3,(H,18,19)/t15-/m1/s1. The highest BCUT2D eigenvalue weighted by molar-refractivity contribution is 5.76. The van der Waals surface area contributed by atoms with Gasteiger partial charge in [0.05, 0.1) is 0 Å². The Hall–Kier alpha value is -1.84. The lowest BCUT2D eigenvalue weighted by atomic mass is 9.88. The van der Waals surface area contributed by atoms with Crippen molar-refractivity contribution in [2.75, 3.05) is 0 Å². The van der Waals surface area contributed by atoms with E-state index in [2.05, 4.69) is 0 Å². The van der Waals surface area contributed by atoms with Crippen LogP contribution in [0.5, 0.6) is 0 Å². The molecular weight excluding hydrogens is 242 g/mol. The third-order valence-corrected chi connectivity index (χ3v) is 3.03. The highest BCUT2D eigenvalue weighted by atomic mass is 16.4. The number of amides is 1. The minimum atomic E-state index is -1.09. The Morgan fingerprint density at radius 3 is 2.11 bits per heavy atom. The lowest BCUT2D eigenvalue weighted by Gasteiger charge is -2.44. The fraction of sp³-hybridized carbons (Fsp3) is 0.467. The van der Waals surface area contributed by atoms with E-state index < -0.39 is 17.2 Å². The summed E-state index contributed by atoms with van der Waals surface area (Å²) in [5.74, 6) is 0. The number of rotatable bonds is 4. The summed E-state index contributed by atoms with van der Waals surface area (Å²) in [5, 5.41) is 9.42. The van der Waals surface area contributed by atoms with Crippen molar-refractivity contribution in [1.29, 1.82) is 0 Å². The molecule has 4 heteroatoms. The third-order valence-electron chi connectivity index (χ3n) is 3.03. The normalized spacial score (nSPS) is 14.5. The molecule has 1 aromatic rings. The van der Waals surface area contributed by atoms with Crippen LogP contribution in [0.3, 0.4) is 0 Å². The number of benzene rings is 1. The fourth-order valence-electron chi connectivity index (χ4n) is 2.45. The van der Waals surface area contributed by atoms with E-state index in [1.54, 1.807) is 27.7 Å². The minimum Gasteiger partial charge on any atom is -0.465 e. The molecule has 1 N–H and O–H groups in total. The summed E-state index contributed by atoms with van der Waals surface area (Å²) in [6, 6.07) is 9.43. The van der Waals surface area contributed by atoms with Gasteiger partial charge >= 0.3 is 6.09 Å². The van der Waals surface area contributed by atoms with Crippen molar-refractivity contribution in [3.63, 3.8) is 0 Å². The van der Waals surface area contributed by atoms with Crippen LogP contribution in [0.1, 0.15) is 33.3 Å². The van der Waals surface area contributed by atoms with Gasteiger partial charge in [0.2, 0.25) is 0 Å². The van der Waals surface area contributed by atoms with Crippen molar-refractivity contribution in [1.82, 2.24) is 4.90 Å². The first-order valence-electron chi connectivity index (χ1n) is 6.24. The van der Waals surface area contributed by atoms with Crippen LogP contribution in [0.25, 0.3) is 0 Å². The first-order chi connectivity index (χ1) is 8.70. The van der Waals surface area contributed by atoms with Gasteiger partial charge in [0, 0.05) is 12.0 Å². The van der Waals surface area contributed by atoms with Crippen LogP contribution in [0.15, 0.2) is 30.3 Å². The van der Waals surface area contributed by atoms with E-state index in [4.69, 9.17) is 0 Å². The molecule has 4 nitrogen and oxygen atoms in total. The quantitative estimate of drug-likeness (QED) is 0.850. The van der Waals surface area contributed by atoms with Crippen LogP contribution >= 0.6 is 0 Å². The number of nitrogens with zero attached hydrogens (tertiary/aromatic N) is 1. The molecule has 0 heterocycles. The van der Waals surface area contributed by atoms with E-state index in [-0.39, 0.29) is 0 Å². The Labute approximate surface area is 114 Å². The summed E-state index contributed by atoms with van der Waals surface area (Å²) < 4.78 is 0. The van der Waals surface area contributed by atoms with Gasteiger partial charge in [-0.3, -0.25) is 4.90 Å². The Morgan fingerprint density at radius 1 is 1.21 bits per heavy atom. The average molecular weight is 263 g/mol. The lowest BCUT2D eigenvalue weighted by molar-refractivity contribution is -0.119. The second-order valence-corrected chi connectivity index (χ2v) is 5.93. The summed E-state index contributed by atoms with van der Waals surface area (Å²) in [5.41, 5.74) is -0.783. The SMILES string of the molecule is CC(C)(C)N(C(=O)O)[C@@](C)(C=O)Cc1ccccc1. The molecule has 0 radical (unpaired) electrons. The molecular formula is C15H21NO3. The van der Waals surface area contributed by atoms with Crippen molar-refractivity contribution in [3.8, 4) is 0 Å². The van der Waals surface area contributed by atoms with Crippen LogP contribution in [0.4, 0.5) is 4.79 Å². The van der Waals surface area contributed by atoms with Gasteiger partial charge in [-0.1, -0.05) is 30.3 Å². The van der Waals surface area contributed by atoms with Crippen molar-refractivity contribution in [2.45, 2.75) is 45.2 Å². The molecule has 1 atom stereocenters.